The Morgan fingerprint density at radius 3 is 2.15 bits per heavy atom. The number of ether oxygens (including phenoxy) is 1. The molecular formula is C26H16N2O5. The molecule has 1 aliphatic heterocycles. The molecule has 0 fully saturated rings. The van der Waals surface area contributed by atoms with E-state index >= 15 is 0 Å². The quantitative estimate of drug-likeness (QED) is 0.222. The zero-order chi connectivity index (χ0) is 22.9. The molecule has 1 aliphatic rings. The van der Waals surface area contributed by atoms with Crippen LogP contribution in [0.2, 0.25) is 0 Å². The first-order valence-electron chi connectivity index (χ1n) is 10.1. The fourth-order valence-electron chi connectivity index (χ4n) is 3.83. The zero-order valence-electron chi connectivity index (χ0n) is 17.2. The van der Waals surface area contributed by atoms with Gasteiger partial charge in [-0.3, -0.25) is 19.7 Å². The number of hydrogen-bond acceptors (Lipinski definition) is 5. The number of nitrogens with zero attached hydrogens (tertiary/aromatic N) is 2. The number of carbonyl (C=O) groups is 2. The number of hydrogen-bond donors (Lipinski definition) is 0. The SMILES string of the molecule is O=C1c2ccc(Oc3cccc([N+](=O)[O-])c3)cc2C(=O)N1c1ccccc1-c1ccccc1. The first kappa shape index (κ1) is 20.1. The Morgan fingerprint density at radius 2 is 1.36 bits per heavy atom. The number of amides is 2. The Labute approximate surface area is 188 Å². The first-order chi connectivity index (χ1) is 16.0. The molecule has 4 aromatic carbocycles. The number of non-ortho nitro benzene ring substituents is 1. The number of anilines is 1. The number of carbonyl (C=O) groups excluding carboxylic acids is 2. The third-order valence-electron chi connectivity index (χ3n) is 5.35. The maximum atomic E-state index is 13.3. The van der Waals surface area contributed by atoms with Crippen molar-refractivity contribution < 1.29 is 19.2 Å². The molecule has 0 saturated heterocycles. The molecule has 5 rings (SSSR count). The van der Waals surface area contributed by atoms with Gasteiger partial charge in [-0.25, -0.2) is 4.90 Å². The van der Waals surface area contributed by atoms with E-state index in [9.17, 15) is 19.7 Å². The Morgan fingerprint density at radius 1 is 0.667 bits per heavy atom. The van der Waals surface area contributed by atoms with Crippen molar-refractivity contribution in [3.05, 3.63) is 118 Å². The lowest BCUT2D eigenvalue weighted by Gasteiger charge is -2.18. The molecule has 4 aromatic rings. The summed E-state index contributed by atoms with van der Waals surface area (Å²) in [5.41, 5.74) is 2.53. The molecule has 7 heteroatoms. The molecule has 0 N–H and O–H groups in total. The summed E-state index contributed by atoms with van der Waals surface area (Å²) in [6, 6.07) is 27.1. The molecular weight excluding hydrogens is 420 g/mol. The van der Waals surface area contributed by atoms with Crippen LogP contribution in [0.3, 0.4) is 0 Å². The van der Waals surface area contributed by atoms with Gasteiger partial charge in [0, 0.05) is 11.6 Å². The molecule has 0 aromatic heterocycles. The highest BCUT2D eigenvalue weighted by Crippen LogP contribution is 2.37. The predicted octanol–water partition coefficient (Wildman–Crippen LogP) is 5.85. The van der Waals surface area contributed by atoms with Crippen LogP contribution >= 0.6 is 0 Å². The minimum Gasteiger partial charge on any atom is -0.457 e. The van der Waals surface area contributed by atoms with Crippen molar-refractivity contribution in [2.24, 2.45) is 0 Å². The van der Waals surface area contributed by atoms with Crippen molar-refractivity contribution >= 4 is 23.2 Å². The van der Waals surface area contributed by atoms with E-state index in [0.717, 1.165) is 11.1 Å². The van der Waals surface area contributed by atoms with Crippen molar-refractivity contribution in [3.63, 3.8) is 0 Å². The summed E-state index contributed by atoms with van der Waals surface area (Å²) in [5.74, 6) is -0.316. The molecule has 160 valence electrons. The molecule has 0 atom stereocenters. The van der Waals surface area contributed by atoms with Gasteiger partial charge >= 0.3 is 0 Å². The third kappa shape index (κ3) is 3.61. The average molecular weight is 436 g/mol. The van der Waals surface area contributed by atoms with Crippen LogP contribution in [0.5, 0.6) is 11.5 Å². The van der Waals surface area contributed by atoms with Crippen LogP contribution in [0.4, 0.5) is 11.4 Å². The van der Waals surface area contributed by atoms with Gasteiger partial charge in [0.05, 0.1) is 27.8 Å². The molecule has 0 spiro atoms. The van der Waals surface area contributed by atoms with E-state index in [1.807, 2.05) is 42.5 Å². The summed E-state index contributed by atoms with van der Waals surface area (Å²) in [6.45, 7) is 0. The van der Waals surface area contributed by atoms with E-state index in [2.05, 4.69) is 0 Å². The minimum atomic E-state index is -0.514. The minimum absolute atomic E-state index is 0.108. The number of fused-ring (bicyclic) bond motifs is 1. The summed E-state index contributed by atoms with van der Waals surface area (Å²) in [5, 5.41) is 11.0. The van der Waals surface area contributed by atoms with Gasteiger partial charge in [0.25, 0.3) is 17.5 Å². The van der Waals surface area contributed by atoms with Crippen molar-refractivity contribution in [3.8, 4) is 22.6 Å². The fraction of sp³-hybridized carbons (Fsp3) is 0. The van der Waals surface area contributed by atoms with Crippen LogP contribution in [0.25, 0.3) is 11.1 Å². The van der Waals surface area contributed by atoms with Gasteiger partial charge < -0.3 is 4.74 Å². The van der Waals surface area contributed by atoms with E-state index in [-0.39, 0.29) is 22.6 Å². The summed E-state index contributed by atoms with van der Waals surface area (Å²) in [6.07, 6.45) is 0. The number of rotatable bonds is 5. The predicted molar refractivity (Wildman–Crippen MR) is 123 cm³/mol. The molecule has 33 heavy (non-hydrogen) atoms. The van der Waals surface area contributed by atoms with Gasteiger partial charge in [0.2, 0.25) is 0 Å². The number of nitro groups is 1. The highest BCUT2D eigenvalue weighted by molar-refractivity contribution is 6.35. The van der Waals surface area contributed by atoms with Crippen LogP contribution in [0.15, 0.2) is 97.1 Å². The van der Waals surface area contributed by atoms with Crippen molar-refractivity contribution in [2.75, 3.05) is 4.90 Å². The molecule has 0 saturated carbocycles. The number of imide groups is 1. The Balaban J connectivity index is 1.50. The molecule has 0 radical (unpaired) electrons. The van der Waals surface area contributed by atoms with Gasteiger partial charge in [-0.15, -0.1) is 0 Å². The molecule has 0 bridgehead atoms. The second-order valence-electron chi connectivity index (χ2n) is 7.39. The van der Waals surface area contributed by atoms with Gasteiger partial charge in [0.15, 0.2) is 0 Å². The normalized spacial score (nSPS) is 12.5. The maximum absolute atomic E-state index is 13.3. The van der Waals surface area contributed by atoms with Crippen molar-refractivity contribution in [1.29, 1.82) is 0 Å². The van der Waals surface area contributed by atoms with E-state index in [1.54, 1.807) is 24.3 Å². The molecule has 2 amide bonds. The largest absolute Gasteiger partial charge is 0.457 e. The molecule has 0 unspecified atom stereocenters. The van der Waals surface area contributed by atoms with Crippen LogP contribution < -0.4 is 9.64 Å². The number of para-hydroxylation sites is 1. The Bertz CT molecular complexity index is 1420. The number of benzene rings is 4. The smallest absolute Gasteiger partial charge is 0.273 e. The van der Waals surface area contributed by atoms with Crippen LogP contribution in [-0.4, -0.2) is 16.7 Å². The summed E-state index contributed by atoms with van der Waals surface area (Å²) in [4.78, 5) is 38.1. The maximum Gasteiger partial charge on any atom is 0.273 e. The van der Waals surface area contributed by atoms with Crippen LogP contribution in [0.1, 0.15) is 20.7 Å². The lowest BCUT2D eigenvalue weighted by molar-refractivity contribution is -0.384. The fourth-order valence-corrected chi connectivity index (χ4v) is 3.83. The summed E-state index contributed by atoms with van der Waals surface area (Å²) in [7, 11) is 0. The van der Waals surface area contributed by atoms with E-state index in [4.69, 9.17) is 4.74 Å². The standard InChI is InChI=1S/C26H16N2O5/c29-25-22-14-13-20(33-19-10-6-9-18(15-19)28(31)32)16-23(22)26(30)27(25)24-12-5-4-11-21(24)17-7-2-1-3-8-17/h1-16H. The van der Waals surface area contributed by atoms with Gasteiger partial charge in [-0.05, 0) is 35.9 Å². The second kappa shape index (κ2) is 8.05. The molecule has 1 heterocycles. The third-order valence-corrected chi connectivity index (χ3v) is 5.35. The average Bonchev–Trinajstić information content (AvgIpc) is 3.09. The van der Waals surface area contributed by atoms with Crippen molar-refractivity contribution in [2.45, 2.75) is 0 Å². The summed E-state index contributed by atoms with van der Waals surface area (Å²) >= 11 is 0. The highest BCUT2D eigenvalue weighted by Gasteiger charge is 2.38. The van der Waals surface area contributed by atoms with Gasteiger partial charge in [-0.1, -0.05) is 54.6 Å². The second-order valence-corrected chi connectivity index (χ2v) is 7.39. The molecule has 7 nitrogen and oxygen atoms in total. The van der Waals surface area contributed by atoms with E-state index in [1.165, 1.54) is 35.2 Å². The summed E-state index contributed by atoms with van der Waals surface area (Å²) < 4.78 is 5.73. The molecule has 0 aliphatic carbocycles. The topological polar surface area (TPSA) is 89.7 Å². The number of nitro benzene ring substituents is 1. The van der Waals surface area contributed by atoms with Gasteiger partial charge in [-0.2, -0.15) is 0 Å². The zero-order valence-corrected chi connectivity index (χ0v) is 17.2. The first-order valence-corrected chi connectivity index (χ1v) is 10.1. The lowest BCUT2D eigenvalue weighted by atomic mass is 10.0. The van der Waals surface area contributed by atoms with E-state index < -0.39 is 16.7 Å². The van der Waals surface area contributed by atoms with E-state index in [0.29, 0.717) is 11.4 Å². The van der Waals surface area contributed by atoms with Crippen molar-refractivity contribution in [1.82, 2.24) is 0 Å². The Kier molecular flexibility index (Phi) is 4.91. The van der Waals surface area contributed by atoms with Crippen LogP contribution in [-0.2, 0) is 0 Å². The van der Waals surface area contributed by atoms with Crippen LogP contribution in [0, 0.1) is 10.1 Å². The monoisotopic (exact) mass is 436 g/mol. The van der Waals surface area contributed by atoms with Gasteiger partial charge in [0.1, 0.15) is 11.5 Å². The Hall–Kier alpha value is -4.78. The lowest BCUT2D eigenvalue weighted by Crippen LogP contribution is -2.29. The highest BCUT2D eigenvalue weighted by atomic mass is 16.6.